The van der Waals surface area contributed by atoms with Crippen molar-refractivity contribution in [3.05, 3.63) is 29.3 Å². The molecule has 1 aromatic carbocycles. The second-order valence-electron chi connectivity index (χ2n) is 6.66. The van der Waals surface area contributed by atoms with E-state index in [1.165, 1.54) is 19.3 Å². The highest BCUT2D eigenvalue weighted by Gasteiger charge is 2.39. The van der Waals surface area contributed by atoms with E-state index in [-0.39, 0.29) is 12.3 Å². The average Bonchev–Trinajstić information content (AvgIpc) is 2.44. The Balaban J connectivity index is 2.81. The molecule has 6 nitrogen and oxygen atoms in total. The summed E-state index contributed by atoms with van der Waals surface area (Å²) < 4.78 is 0. The van der Waals surface area contributed by atoms with Gasteiger partial charge in [0.2, 0.25) is 11.8 Å². The fourth-order valence-electron chi connectivity index (χ4n) is 2.72. The van der Waals surface area contributed by atoms with Gasteiger partial charge in [0.05, 0.1) is 0 Å². The Morgan fingerprint density at radius 3 is 2.04 bits per heavy atom. The molecule has 0 saturated heterocycles. The average molecular weight is 341 g/mol. The molecule has 0 saturated carbocycles. The molecule has 0 atom stereocenters. The summed E-state index contributed by atoms with van der Waals surface area (Å²) in [5, 5.41) is 49.0. The van der Waals surface area contributed by atoms with Crippen LogP contribution in [0.3, 0.4) is 0 Å². The van der Waals surface area contributed by atoms with Crippen molar-refractivity contribution in [2.45, 2.75) is 77.7 Å². The smallest absolute Gasteiger partial charge is 0.226 e. The molecule has 0 spiro atoms. The lowest BCUT2D eigenvalue weighted by atomic mass is 10.0. The fraction of sp³-hybridized carbons (Fsp3) is 0.667. The molecule has 0 heterocycles. The van der Waals surface area contributed by atoms with Crippen LogP contribution in [0.15, 0.2) is 18.2 Å². The predicted molar refractivity (Wildman–Crippen MR) is 91.8 cm³/mol. The third-order valence-electron chi connectivity index (χ3n) is 4.06. The highest BCUT2D eigenvalue weighted by Crippen LogP contribution is 2.27. The van der Waals surface area contributed by atoms with Crippen LogP contribution in [0.1, 0.15) is 64.0 Å². The molecule has 0 aromatic heterocycles. The zero-order valence-corrected chi connectivity index (χ0v) is 14.9. The predicted octanol–water partition coefficient (Wildman–Crippen LogP) is 2.02. The molecule has 0 radical (unpaired) electrons. The first-order valence-electron chi connectivity index (χ1n) is 8.53. The second kappa shape index (κ2) is 8.78. The summed E-state index contributed by atoms with van der Waals surface area (Å²) in [6.07, 6.45) is 6.68. The number of aryl methyl sites for hydroxylation is 1. The van der Waals surface area contributed by atoms with Crippen molar-refractivity contribution >= 4 is 0 Å². The number of aliphatic hydroxyl groups is 4. The normalized spacial score (nSPS) is 12.8. The van der Waals surface area contributed by atoms with E-state index in [2.05, 4.69) is 6.92 Å². The quantitative estimate of drug-likeness (QED) is 0.329. The molecule has 5 N–H and O–H groups in total. The number of benzene rings is 1. The molecule has 6 heteroatoms. The van der Waals surface area contributed by atoms with Gasteiger partial charge in [-0.15, -0.1) is 0 Å². The minimum atomic E-state index is -2.44. The summed E-state index contributed by atoms with van der Waals surface area (Å²) in [5.74, 6) is -4.91. The molecule has 1 rings (SSSR count). The Morgan fingerprint density at radius 1 is 0.917 bits per heavy atom. The van der Waals surface area contributed by atoms with Crippen molar-refractivity contribution in [1.29, 1.82) is 0 Å². The molecule has 24 heavy (non-hydrogen) atoms. The summed E-state index contributed by atoms with van der Waals surface area (Å²) in [5.41, 5.74) is 1.43. The number of nitrogens with zero attached hydrogens (tertiary/aromatic N) is 1. The van der Waals surface area contributed by atoms with Gasteiger partial charge in [0.15, 0.2) is 0 Å². The summed E-state index contributed by atoms with van der Waals surface area (Å²) in [7, 11) is 0. The minimum Gasteiger partial charge on any atom is -0.508 e. The van der Waals surface area contributed by atoms with Gasteiger partial charge in [-0.05, 0) is 24.5 Å². The number of phenolic OH excluding ortho intramolecular Hbond substituents is 1. The van der Waals surface area contributed by atoms with E-state index in [9.17, 15) is 25.5 Å². The van der Waals surface area contributed by atoms with Crippen LogP contribution in [0.5, 0.6) is 5.75 Å². The Morgan fingerprint density at radius 2 is 1.50 bits per heavy atom. The SMILES string of the molecule is CCCCCCCc1ccc(O)c(CN(C(C)(O)O)C(C)(O)O)c1. The van der Waals surface area contributed by atoms with E-state index in [4.69, 9.17) is 0 Å². The first-order valence-corrected chi connectivity index (χ1v) is 8.53. The van der Waals surface area contributed by atoms with Gasteiger partial charge >= 0.3 is 0 Å². The third kappa shape index (κ3) is 6.75. The zero-order valence-electron chi connectivity index (χ0n) is 14.9. The monoisotopic (exact) mass is 341 g/mol. The van der Waals surface area contributed by atoms with Crippen molar-refractivity contribution in [2.75, 3.05) is 0 Å². The Labute approximate surface area is 144 Å². The molecule has 0 amide bonds. The number of hydrogen-bond acceptors (Lipinski definition) is 6. The Kier molecular flexibility index (Phi) is 7.63. The number of unbranched alkanes of at least 4 members (excludes halogenated alkanes) is 4. The van der Waals surface area contributed by atoms with E-state index in [0.29, 0.717) is 10.5 Å². The van der Waals surface area contributed by atoms with Crippen molar-refractivity contribution in [1.82, 2.24) is 4.90 Å². The Bertz CT molecular complexity index is 491. The van der Waals surface area contributed by atoms with Gasteiger partial charge in [-0.1, -0.05) is 44.7 Å². The van der Waals surface area contributed by atoms with E-state index in [0.717, 1.165) is 38.7 Å². The van der Waals surface area contributed by atoms with Gasteiger partial charge in [0.25, 0.3) is 0 Å². The maximum Gasteiger partial charge on any atom is 0.226 e. The van der Waals surface area contributed by atoms with Crippen LogP contribution in [0.4, 0.5) is 0 Å². The van der Waals surface area contributed by atoms with Crippen molar-refractivity contribution in [3.63, 3.8) is 0 Å². The maximum atomic E-state index is 10.0. The van der Waals surface area contributed by atoms with Gasteiger partial charge in [0, 0.05) is 26.0 Å². The molecular formula is C18H31NO5. The largest absolute Gasteiger partial charge is 0.508 e. The lowest BCUT2D eigenvalue weighted by molar-refractivity contribution is -0.374. The van der Waals surface area contributed by atoms with Gasteiger partial charge < -0.3 is 25.5 Å². The summed E-state index contributed by atoms with van der Waals surface area (Å²) in [6, 6.07) is 5.14. The maximum absolute atomic E-state index is 10.0. The molecule has 0 bridgehead atoms. The third-order valence-corrected chi connectivity index (χ3v) is 4.06. The lowest BCUT2D eigenvalue weighted by Gasteiger charge is -2.39. The minimum absolute atomic E-state index is 0.0248. The van der Waals surface area contributed by atoms with E-state index >= 15 is 0 Å². The fourth-order valence-corrected chi connectivity index (χ4v) is 2.72. The molecule has 0 aliphatic heterocycles. The standard InChI is InChI=1S/C18H31NO5/c1-4-5-6-7-8-9-14-10-11-16(20)15(12-14)13-19(17(2,21)22)18(3,23)24/h10-12,20-24H,4-9,13H2,1-3H3. The van der Waals surface area contributed by atoms with E-state index < -0.39 is 11.8 Å². The summed E-state index contributed by atoms with van der Waals surface area (Å²) >= 11 is 0. The summed E-state index contributed by atoms with van der Waals surface area (Å²) in [4.78, 5) is 0.681. The highest BCUT2D eigenvalue weighted by atomic mass is 16.6. The molecular weight excluding hydrogens is 310 g/mol. The second-order valence-corrected chi connectivity index (χ2v) is 6.66. The first-order chi connectivity index (χ1) is 11.1. The zero-order chi connectivity index (χ0) is 18.4. The van der Waals surface area contributed by atoms with Crippen LogP contribution < -0.4 is 0 Å². The summed E-state index contributed by atoms with van der Waals surface area (Å²) in [6.45, 7) is 4.02. The van der Waals surface area contributed by atoms with Crippen molar-refractivity contribution < 1.29 is 25.5 Å². The molecule has 1 aromatic rings. The number of hydrogen-bond donors (Lipinski definition) is 5. The van der Waals surface area contributed by atoms with Crippen LogP contribution >= 0.6 is 0 Å². The van der Waals surface area contributed by atoms with Crippen LogP contribution in [0, 0.1) is 0 Å². The molecule has 0 fully saturated rings. The number of rotatable bonds is 10. The highest BCUT2D eigenvalue weighted by molar-refractivity contribution is 5.36. The van der Waals surface area contributed by atoms with Crippen LogP contribution in [-0.2, 0) is 13.0 Å². The number of phenols is 1. The molecule has 0 unspecified atom stereocenters. The molecule has 0 aliphatic rings. The van der Waals surface area contributed by atoms with E-state index in [1.54, 1.807) is 12.1 Å². The van der Waals surface area contributed by atoms with Crippen molar-refractivity contribution in [3.8, 4) is 5.75 Å². The van der Waals surface area contributed by atoms with Gasteiger partial charge in [-0.3, -0.25) is 0 Å². The van der Waals surface area contributed by atoms with Gasteiger partial charge in [-0.25, -0.2) is 0 Å². The lowest BCUT2D eigenvalue weighted by Crippen LogP contribution is -2.57. The van der Waals surface area contributed by atoms with Crippen LogP contribution in [-0.4, -0.2) is 42.3 Å². The Hall–Kier alpha value is -1.18. The molecule has 138 valence electrons. The van der Waals surface area contributed by atoms with Crippen molar-refractivity contribution in [2.24, 2.45) is 0 Å². The topological polar surface area (TPSA) is 104 Å². The van der Waals surface area contributed by atoms with E-state index in [1.807, 2.05) is 6.07 Å². The van der Waals surface area contributed by atoms with Gasteiger partial charge in [0.1, 0.15) is 5.75 Å². The number of aromatic hydroxyl groups is 1. The molecule has 0 aliphatic carbocycles. The van der Waals surface area contributed by atoms with Gasteiger partial charge in [-0.2, -0.15) is 4.90 Å². The van der Waals surface area contributed by atoms with Crippen LogP contribution in [0.25, 0.3) is 0 Å². The van der Waals surface area contributed by atoms with Crippen LogP contribution in [0.2, 0.25) is 0 Å². The first kappa shape index (κ1) is 20.9.